The van der Waals surface area contributed by atoms with Gasteiger partial charge in [0.15, 0.2) is 30.5 Å². The summed E-state index contributed by atoms with van der Waals surface area (Å²) in [6.07, 6.45) is 3.14. The van der Waals surface area contributed by atoms with Crippen LogP contribution in [0.1, 0.15) is 53.8 Å². The van der Waals surface area contributed by atoms with E-state index in [1.54, 1.807) is 42.5 Å². The zero-order valence-corrected chi connectivity index (χ0v) is 18.7. The molecule has 2 heterocycles. The van der Waals surface area contributed by atoms with Crippen LogP contribution in [0.3, 0.4) is 0 Å². The molecule has 8 nitrogen and oxygen atoms in total. The molecule has 1 saturated heterocycles. The number of piperidine rings is 1. The molecule has 8 heteroatoms. The first kappa shape index (κ1) is 22.6. The van der Waals surface area contributed by atoms with Gasteiger partial charge in [0.2, 0.25) is 6.79 Å². The Hall–Kier alpha value is -3.55. The quantitative estimate of drug-likeness (QED) is 0.467. The van der Waals surface area contributed by atoms with E-state index < -0.39 is 12.6 Å². The topological polar surface area (TPSA) is 91.4 Å². The van der Waals surface area contributed by atoms with Gasteiger partial charge in [-0.1, -0.05) is 0 Å². The predicted molar refractivity (Wildman–Crippen MR) is 119 cm³/mol. The average molecular weight is 453 g/mol. The smallest absolute Gasteiger partial charge is 0.338 e. The Kier molecular flexibility index (Phi) is 6.82. The summed E-state index contributed by atoms with van der Waals surface area (Å²) in [7, 11) is 0. The zero-order valence-electron chi connectivity index (χ0n) is 18.7. The van der Waals surface area contributed by atoms with Gasteiger partial charge >= 0.3 is 5.97 Å². The molecule has 0 aromatic heterocycles. The third-order valence-corrected chi connectivity index (χ3v) is 5.96. The number of benzene rings is 2. The highest BCUT2D eigenvalue weighted by Crippen LogP contribution is 2.32. The minimum absolute atomic E-state index is 0.0415. The summed E-state index contributed by atoms with van der Waals surface area (Å²) < 4.78 is 21.2. The molecule has 0 N–H and O–H groups in total. The summed E-state index contributed by atoms with van der Waals surface area (Å²) >= 11 is 0. The summed E-state index contributed by atoms with van der Waals surface area (Å²) in [6.45, 7) is 3.79. The molecule has 2 aromatic carbocycles. The Balaban J connectivity index is 1.26. The van der Waals surface area contributed by atoms with Crippen LogP contribution >= 0.6 is 0 Å². The maximum Gasteiger partial charge on any atom is 0.338 e. The summed E-state index contributed by atoms with van der Waals surface area (Å²) in [5.74, 6) is 0.538. The molecule has 1 fully saturated rings. The van der Waals surface area contributed by atoms with Gasteiger partial charge in [-0.3, -0.25) is 9.59 Å². The largest absolute Gasteiger partial charge is 0.484 e. The van der Waals surface area contributed by atoms with Gasteiger partial charge in [-0.05, 0) is 75.6 Å². The number of carbonyl (C=O) groups is 3. The molecule has 1 amide bonds. The number of ether oxygens (including phenoxy) is 4. The van der Waals surface area contributed by atoms with Crippen LogP contribution < -0.4 is 14.2 Å². The molecule has 174 valence electrons. The molecule has 0 unspecified atom stereocenters. The van der Waals surface area contributed by atoms with Crippen molar-refractivity contribution >= 4 is 17.7 Å². The van der Waals surface area contributed by atoms with Crippen LogP contribution in [0.15, 0.2) is 42.5 Å². The normalized spacial score (nSPS) is 19.2. The molecular formula is C25H27NO7. The first-order valence-corrected chi connectivity index (χ1v) is 11.1. The van der Waals surface area contributed by atoms with Gasteiger partial charge < -0.3 is 23.8 Å². The number of rotatable bonds is 7. The summed E-state index contributed by atoms with van der Waals surface area (Å²) in [4.78, 5) is 39.1. The minimum Gasteiger partial charge on any atom is -0.484 e. The predicted octanol–water partition coefficient (Wildman–Crippen LogP) is 3.62. The van der Waals surface area contributed by atoms with Crippen molar-refractivity contribution in [3.8, 4) is 17.2 Å². The zero-order chi connectivity index (χ0) is 23.4. The van der Waals surface area contributed by atoms with Gasteiger partial charge in [0.1, 0.15) is 5.75 Å². The number of Topliss-reactive ketones (excluding diaryl/α,β-unsaturated/α-hetero) is 1. The van der Waals surface area contributed by atoms with Crippen LogP contribution in [0.5, 0.6) is 17.2 Å². The molecule has 0 radical (unpaired) electrons. The van der Waals surface area contributed by atoms with Crippen molar-refractivity contribution in [2.24, 2.45) is 0 Å². The number of amides is 1. The average Bonchev–Trinajstić information content (AvgIpc) is 3.29. The third-order valence-electron chi connectivity index (χ3n) is 5.96. The van der Waals surface area contributed by atoms with Gasteiger partial charge in [0.25, 0.3) is 5.91 Å². The lowest BCUT2D eigenvalue weighted by molar-refractivity contribution is -0.139. The van der Waals surface area contributed by atoms with Crippen molar-refractivity contribution < 1.29 is 33.3 Å². The van der Waals surface area contributed by atoms with Gasteiger partial charge in [-0.15, -0.1) is 0 Å². The minimum atomic E-state index is -0.623. The molecule has 2 aliphatic heterocycles. The van der Waals surface area contributed by atoms with Crippen LogP contribution in [-0.2, 0) is 9.53 Å². The van der Waals surface area contributed by atoms with Gasteiger partial charge in [0, 0.05) is 17.6 Å². The molecule has 2 aromatic rings. The molecule has 0 bridgehead atoms. The monoisotopic (exact) mass is 453 g/mol. The number of likely N-dealkylation sites (tertiary alicyclic amines) is 1. The van der Waals surface area contributed by atoms with Crippen molar-refractivity contribution in [3.05, 3.63) is 53.6 Å². The number of fused-ring (bicyclic) bond motifs is 1. The second-order valence-corrected chi connectivity index (χ2v) is 8.31. The molecule has 33 heavy (non-hydrogen) atoms. The fraction of sp³-hybridized carbons (Fsp3) is 0.400. The van der Waals surface area contributed by atoms with Gasteiger partial charge in [0.05, 0.1) is 5.56 Å². The summed E-state index contributed by atoms with van der Waals surface area (Å²) in [5, 5.41) is 0. The fourth-order valence-corrected chi connectivity index (χ4v) is 4.19. The van der Waals surface area contributed by atoms with Crippen LogP contribution in [0, 0.1) is 0 Å². The highest BCUT2D eigenvalue weighted by atomic mass is 16.7. The first-order valence-electron chi connectivity index (χ1n) is 11.1. The van der Waals surface area contributed by atoms with Crippen LogP contribution in [-0.4, -0.2) is 54.7 Å². The lowest BCUT2D eigenvalue weighted by Gasteiger charge is -2.38. The maximum absolute atomic E-state index is 12.6. The second-order valence-electron chi connectivity index (χ2n) is 8.31. The fourth-order valence-electron chi connectivity index (χ4n) is 4.19. The lowest BCUT2D eigenvalue weighted by Crippen LogP contribution is -2.49. The summed E-state index contributed by atoms with van der Waals surface area (Å²) in [6, 6.07) is 11.5. The van der Waals surface area contributed by atoms with Crippen molar-refractivity contribution in [1.29, 1.82) is 0 Å². The number of nitrogens with zero attached hydrogens (tertiary/aromatic N) is 1. The molecule has 2 atom stereocenters. The standard InChI is InChI=1S/C25H27NO7/c1-16-4-3-5-17(2)26(16)24(28)14-30-20-9-6-18(7-10-20)25(29)31-13-21(27)19-8-11-22-23(12-19)33-15-32-22/h6-12,16-17H,3-5,13-15H2,1-2H3/t16-,17+. The van der Waals surface area contributed by atoms with Crippen molar-refractivity contribution in [1.82, 2.24) is 4.90 Å². The number of esters is 1. The highest BCUT2D eigenvalue weighted by Gasteiger charge is 2.29. The molecule has 0 aliphatic carbocycles. The highest BCUT2D eigenvalue weighted by molar-refractivity contribution is 5.99. The Morgan fingerprint density at radius 1 is 0.909 bits per heavy atom. The van der Waals surface area contributed by atoms with E-state index in [0.717, 1.165) is 19.3 Å². The third kappa shape index (κ3) is 5.27. The maximum atomic E-state index is 12.6. The second kappa shape index (κ2) is 9.94. The van der Waals surface area contributed by atoms with E-state index in [2.05, 4.69) is 13.8 Å². The number of hydrogen-bond donors (Lipinski definition) is 0. The van der Waals surface area contributed by atoms with Crippen molar-refractivity contribution in [2.45, 2.75) is 45.2 Å². The van der Waals surface area contributed by atoms with E-state index in [9.17, 15) is 14.4 Å². The Bertz CT molecular complexity index is 1020. The van der Waals surface area contributed by atoms with Crippen LogP contribution in [0.2, 0.25) is 0 Å². The number of ketones is 1. The van der Waals surface area contributed by atoms with Crippen LogP contribution in [0.4, 0.5) is 0 Å². The Labute approximate surface area is 192 Å². The van der Waals surface area contributed by atoms with Gasteiger partial charge in [-0.2, -0.15) is 0 Å². The van der Waals surface area contributed by atoms with E-state index in [4.69, 9.17) is 18.9 Å². The van der Waals surface area contributed by atoms with Gasteiger partial charge in [-0.25, -0.2) is 4.79 Å². The lowest BCUT2D eigenvalue weighted by atomic mass is 9.97. The van der Waals surface area contributed by atoms with E-state index in [0.29, 0.717) is 22.8 Å². The molecule has 4 rings (SSSR count). The summed E-state index contributed by atoms with van der Waals surface area (Å²) in [5.41, 5.74) is 0.656. The first-order chi connectivity index (χ1) is 15.9. The van der Waals surface area contributed by atoms with Crippen LogP contribution in [0.25, 0.3) is 0 Å². The van der Waals surface area contributed by atoms with E-state index in [1.807, 2.05) is 4.90 Å². The number of carbonyl (C=O) groups excluding carboxylic acids is 3. The van der Waals surface area contributed by atoms with E-state index in [1.165, 1.54) is 0 Å². The Morgan fingerprint density at radius 2 is 1.58 bits per heavy atom. The molecule has 0 saturated carbocycles. The number of hydrogen-bond acceptors (Lipinski definition) is 7. The van der Waals surface area contributed by atoms with Crippen molar-refractivity contribution in [2.75, 3.05) is 20.0 Å². The molecular weight excluding hydrogens is 426 g/mol. The SMILES string of the molecule is C[C@@H]1CCC[C@H](C)N1C(=O)COc1ccc(C(=O)OCC(=O)c2ccc3c(c2)OCO3)cc1. The molecule has 0 spiro atoms. The van der Waals surface area contributed by atoms with E-state index in [-0.39, 0.29) is 42.7 Å². The Morgan fingerprint density at radius 3 is 2.30 bits per heavy atom. The molecule has 2 aliphatic rings. The van der Waals surface area contributed by atoms with Crippen molar-refractivity contribution in [3.63, 3.8) is 0 Å². The van der Waals surface area contributed by atoms with E-state index >= 15 is 0 Å².